The van der Waals surface area contributed by atoms with Crippen LogP contribution in [-0.2, 0) is 10.0 Å². The van der Waals surface area contributed by atoms with Crippen LogP contribution in [0.25, 0.3) is 0 Å². The van der Waals surface area contributed by atoms with Gasteiger partial charge in [-0.05, 0) is 68.8 Å². The Morgan fingerprint density at radius 2 is 1.81 bits per heavy atom. The molecule has 0 saturated carbocycles. The zero-order valence-electron chi connectivity index (χ0n) is 15.5. The molecule has 1 aliphatic rings. The van der Waals surface area contributed by atoms with Crippen molar-refractivity contribution in [1.29, 1.82) is 0 Å². The van der Waals surface area contributed by atoms with Gasteiger partial charge in [-0.25, -0.2) is 13.1 Å². The Bertz CT molecular complexity index is 893. The van der Waals surface area contributed by atoms with Crippen LogP contribution in [-0.4, -0.2) is 39.4 Å². The minimum atomic E-state index is -3.51. The summed E-state index contributed by atoms with van der Waals surface area (Å²) in [5.74, 6) is 0.734. The number of hydrogen-bond donors (Lipinski definition) is 1. The molecule has 0 aromatic heterocycles. The molecule has 0 bridgehead atoms. The largest absolute Gasteiger partial charge is 0.494 e. The van der Waals surface area contributed by atoms with Crippen molar-refractivity contribution in [2.45, 2.75) is 30.7 Å². The molecule has 27 heavy (non-hydrogen) atoms. The highest BCUT2D eigenvalue weighted by Crippen LogP contribution is 2.34. The third kappa shape index (κ3) is 4.14. The molecule has 0 radical (unpaired) electrons. The number of amides is 1. The van der Waals surface area contributed by atoms with E-state index < -0.39 is 10.0 Å². The van der Waals surface area contributed by atoms with E-state index in [0.717, 1.165) is 24.2 Å². The molecular weight excluding hydrogens is 364 g/mol. The van der Waals surface area contributed by atoms with Crippen LogP contribution in [0.3, 0.4) is 0 Å². The standard InChI is InChI=1S/C20H24N2O4S/c1-3-26-17-10-6-15(7-11-17)19-5-4-14-22(19)20(23)16-8-12-18(13-9-16)27(24,25)21-2/h6-13,19,21H,3-5,14H2,1-2H3. The van der Waals surface area contributed by atoms with Gasteiger partial charge in [0.1, 0.15) is 5.75 Å². The third-order valence-electron chi connectivity index (χ3n) is 4.77. The van der Waals surface area contributed by atoms with Crippen LogP contribution in [0.15, 0.2) is 53.4 Å². The molecule has 1 aliphatic heterocycles. The maximum absolute atomic E-state index is 13.0. The Labute approximate surface area is 160 Å². The van der Waals surface area contributed by atoms with Gasteiger partial charge < -0.3 is 9.64 Å². The van der Waals surface area contributed by atoms with Crippen LogP contribution in [0.2, 0.25) is 0 Å². The molecule has 3 rings (SSSR count). The van der Waals surface area contributed by atoms with Crippen LogP contribution in [0.5, 0.6) is 5.75 Å². The van der Waals surface area contributed by atoms with Gasteiger partial charge in [0.05, 0.1) is 17.5 Å². The molecule has 1 heterocycles. The minimum absolute atomic E-state index is 0.0221. The highest BCUT2D eigenvalue weighted by atomic mass is 32.2. The normalized spacial score (nSPS) is 17.1. The zero-order chi connectivity index (χ0) is 19.4. The summed E-state index contributed by atoms with van der Waals surface area (Å²) in [7, 11) is -2.15. The second kappa shape index (κ2) is 8.10. The maximum atomic E-state index is 13.0. The van der Waals surface area contributed by atoms with Crippen LogP contribution in [0.4, 0.5) is 0 Å². The molecule has 1 amide bonds. The van der Waals surface area contributed by atoms with Gasteiger partial charge in [0.25, 0.3) is 5.91 Å². The molecule has 2 aromatic rings. The van der Waals surface area contributed by atoms with Crippen LogP contribution >= 0.6 is 0 Å². The van der Waals surface area contributed by atoms with Gasteiger partial charge in [0.2, 0.25) is 10.0 Å². The van der Waals surface area contributed by atoms with E-state index in [-0.39, 0.29) is 16.8 Å². The molecule has 0 spiro atoms. The number of sulfonamides is 1. The summed E-state index contributed by atoms with van der Waals surface area (Å²) < 4.78 is 31.4. The Balaban J connectivity index is 1.79. The van der Waals surface area contributed by atoms with Gasteiger partial charge in [-0.15, -0.1) is 0 Å². The highest BCUT2D eigenvalue weighted by Gasteiger charge is 2.30. The van der Waals surface area contributed by atoms with Crippen molar-refractivity contribution in [3.05, 3.63) is 59.7 Å². The lowest BCUT2D eigenvalue weighted by atomic mass is 10.0. The van der Waals surface area contributed by atoms with Gasteiger partial charge in [0.15, 0.2) is 0 Å². The molecule has 1 atom stereocenters. The molecule has 1 saturated heterocycles. The average Bonchev–Trinajstić information content (AvgIpc) is 3.18. The monoisotopic (exact) mass is 388 g/mol. The van der Waals surface area contributed by atoms with E-state index in [1.807, 2.05) is 36.1 Å². The first-order valence-corrected chi connectivity index (χ1v) is 10.5. The molecule has 2 aromatic carbocycles. The van der Waals surface area contributed by atoms with Crippen molar-refractivity contribution in [2.24, 2.45) is 0 Å². The number of ether oxygens (including phenoxy) is 1. The number of benzene rings is 2. The Hall–Kier alpha value is -2.38. The number of nitrogens with one attached hydrogen (secondary N) is 1. The SMILES string of the molecule is CCOc1ccc(C2CCCN2C(=O)c2ccc(S(=O)(=O)NC)cc2)cc1. The topological polar surface area (TPSA) is 75.7 Å². The van der Waals surface area contributed by atoms with E-state index in [0.29, 0.717) is 18.7 Å². The van der Waals surface area contributed by atoms with E-state index in [4.69, 9.17) is 4.74 Å². The third-order valence-corrected chi connectivity index (χ3v) is 6.20. The molecule has 6 nitrogen and oxygen atoms in total. The predicted molar refractivity (Wildman–Crippen MR) is 103 cm³/mol. The second-order valence-corrected chi connectivity index (χ2v) is 8.28. The number of carbonyl (C=O) groups is 1. The molecule has 1 N–H and O–H groups in total. The fourth-order valence-corrected chi connectivity index (χ4v) is 4.10. The van der Waals surface area contributed by atoms with Gasteiger partial charge in [0, 0.05) is 12.1 Å². The van der Waals surface area contributed by atoms with Crippen molar-refractivity contribution in [3.63, 3.8) is 0 Å². The first-order valence-electron chi connectivity index (χ1n) is 9.03. The first-order chi connectivity index (χ1) is 13.0. The smallest absolute Gasteiger partial charge is 0.254 e. The Morgan fingerprint density at radius 1 is 1.15 bits per heavy atom. The van der Waals surface area contributed by atoms with E-state index in [2.05, 4.69) is 4.72 Å². The average molecular weight is 388 g/mol. The van der Waals surface area contributed by atoms with E-state index in [1.54, 1.807) is 12.1 Å². The second-order valence-electron chi connectivity index (χ2n) is 6.39. The first kappa shape index (κ1) is 19.4. The van der Waals surface area contributed by atoms with Crippen molar-refractivity contribution >= 4 is 15.9 Å². The molecule has 1 fully saturated rings. The summed E-state index contributed by atoms with van der Waals surface area (Å²) in [4.78, 5) is 15.0. The summed E-state index contributed by atoms with van der Waals surface area (Å²) in [6.07, 6.45) is 1.85. The quantitative estimate of drug-likeness (QED) is 0.825. The van der Waals surface area contributed by atoms with Crippen LogP contribution in [0.1, 0.15) is 41.7 Å². The van der Waals surface area contributed by atoms with E-state index >= 15 is 0 Å². The van der Waals surface area contributed by atoms with Crippen LogP contribution < -0.4 is 9.46 Å². The Morgan fingerprint density at radius 3 is 2.41 bits per heavy atom. The summed E-state index contributed by atoms with van der Waals surface area (Å²) in [6, 6.07) is 13.9. The molecule has 1 unspecified atom stereocenters. The Kier molecular flexibility index (Phi) is 5.82. The van der Waals surface area contributed by atoms with E-state index in [9.17, 15) is 13.2 Å². The lowest BCUT2D eigenvalue weighted by Gasteiger charge is -2.25. The summed E-state index contributed by atoms with van der Waals surface area (Å²) in [5.41, 5.74) is 1.57. The molecule has 0 aliphatic carbocycles. The zero-order valence-corrected chi connectivity index (χ0v) is 16.3. The predicted octanol–water partition coefficient (Wildman–Crippen LogP) is 2.97. The van der Waals surface area contributed by atoms with Gasteiger partial charge in [-0.2, -0.15) is 0 Å². The van der Waals surface area contributed by atoms with Crippen molar-refractivity contribution in [3.8, 4) is 5.75 Å². The van der Waals surface area contributed by atoms with Gasteiger partial charge >= 0.3 is 0 Å². The highest BCUT2D eigenvalue weighted by molar-refractivity contribution is 7.89. The number of likely N-dealkylation sites (tertiary alicyclic amines) is 1. The fraction of sp³-hybridized carbons (Fsp3) is 0.350. The van der Waals surface area contributed by atoms with Crippen molar-refractivity contribution in [2.75, 3.05) is 20.2 Å². The lowest BCUT2D eigenvalue weighted by molar-refractivity contribution is 0.0735. The molecular formula is C20H24N2O4S. The van der Waals surface area contributed by atoms with Crippen LogP contribution in [0, 0.1) is 0 Å². The molecule has 144 valence electrons. The summed E-state index contributed by atoms with van der Waals surface area (Å²) >= 11 is 0. The number of hydrogen-bond acceptors (Lipinski definition) is 4. The summed E-state index contributed by atoms with van der Waals surface area (Å²) in [5, 5.41) is 0. The van der Waals surface area contributed by atoms with Crippen molar-refractivity contribution in [1.82, 2.24) is 9.62 Å². The van der Waals surface area contributed by atoms with E-state index in [1.165, 1.54) is 19.2 Å². The van der Waals surface area contributed by atoms with Gasteiger partial charge in [-0.1, -0.05) is 12.1 Å². The fourth-order valence-electron chi connectivity index (χ4n) is 3.37. The summed E-state index contributed by atoms with van der Waals surface area (Å²) in [6.45, 7) is 3.25. The maximum Gasteiger partial charge on any atom is 0.254 e. The van der Waals surface area contributed by atoms with Gasteiger partial charge in [-0.3, -0.25) is 4.79 Å². The molecule has 7 heteroatoms. The minimum Gasteiger partial charge on any atom is -0.494 e. The number of nitrogens with zero attached hydrogens (tertiary/aromatic N) is 1. The number of carbonyl (C=O) groups excluding carboxylic acids is 1. The number of rotatable bonds is 6. The lowest BCUT2D eigenvalue weighted by Crippen LogP contribution is -2.30. The van der Waals surface area contributed by atoms with Crippen molar-refractivity contribution < 1.29 is 17.9 Å².